The number of halogens is 2. The molecule has 1 fully saturated rings. The van der Waals surface area contributed by atoms with Gasteiger partial charge in [0.1, 0.15) is 11.6 Å². The van der Waals surface area contributed by atoms with Crippen molar-refractivity contribution in [2.75, 3.05) is 23.4 Å². The molecule has 0 radical (unpaired) electrons. The minimum atomic E-state index is -0.560. The van der Waals surface area contributed by atoms with Crippen molar-refractivity contribution in [1.82, 2.24) is 5.32 Å². The highest BCUT2D eigenvalue weighted by atomic mass is 35.5. The maximum absolute atomic E-state index is 13.2. The Labute approximate surface area is 161 Å². The fourth-order valence-electron chi connectivity index (χ4n) is 2.87. The largest absolute Gasteiger partial charge is 0.494 e. The number of carbonyl (C=O) groups excluding carboxylic acids is 2. The number of rotatable bonds is 5. The minimum Gasteiger partial charge on any atom is -0.494 e. The molecule has 1 aliphatic heterocycles. The van der Waals surface area contributed by atoms with Gasteiger partial charge in [-0.2, -0.15) is 0 Å². The Bertz CT molecular complexity index is 845. The number of hydrogen-bond donors (Lipinski definition) is 2. The summed E-state index contributed by atoms with van der Waals surface area (Å²) in [5.41, 5.74) is 1.12. The van der Waals surface area contributed by atoms with E-state index in [2.05, 4.69) is 10.6 Å². The molecule has 142 valence electrons. The highest BCUT2D eigenvalue weighted by Gasteiger charge is 2.31. The van der Waals surface area contributed by atoms with E-state index in [1.165, 1.54) is 18.2 Å². The van der Waals surface area contributed by atoms with Gasteiger partial charge in [-0.3, -0.25) is 4.79 Å². The lowest BCUT2D eigenvalue weighted by atomic mass is 10.2. The molecular weight excluding hydrogens is 373 g/mol. The number of amides is 3. The van der Waals surface area contributed by atoms with E-state index in [0.717, 1.165) is 11.4 Å². The Morgan fingerprint density at radius 1 is 1.30 bits per heavy atom. The number of nitrogens with one attached hydrogen (secondary N) is 2. The van der Waals surface area contributed by atoms with Crippen LogP contribution < -0.4 is 20.3 Å². The number of anilines is 2. The van der Waals surface area contributed by atoms with Crippen LogP contribution in [0.1, 0.15) is 13.3 Å². The number of ether oxygens (including phenoxy) is 1. The molecule has 0 bridgehead atoms. The minimum absolute atomic E-state index is 0.0747. The molecule has 1 heterocycles. The second-order valence-electron chi connectivity index (χ2n) is 6.06. The lowest BCUT2D eigenvalue weighted by Crippen LogP contribution is -2.39. The molecule has 6 nitrogen and oxygen atoms in total. The quantitative estimate of drug-likeness (QED) is 0.814. The Hall–Kier alpha value is -2.80. The third kappa shape index (κ3) is 4.68. The Morgan fingerprint density at radius 3 is 2.70 bits per heavy atom. The zero-order valence-electron chi connectivity index (χ0n) is 14.7. The van der Waals surface area contributed by atoms with Gasteiger partial charge in [-0.25, -0.2) is 9.18 Å². The van der Waals surface area contributed by atoms with Gasteiger partial charge in [-0.1, -0.05) is 11.6 Å². The van der Waals surface area contributed by atoms with Gasteiger partial charge in [-0.15, -0.1) is 0 Å². The van der Waals surface area contributed by atoms with Gasteiger partial charge in [-0.05, 0) is 49.4 Å². The molecule has 3 rings (SSSR count). The van der Waals surface area contributed by atoms with Crippen molar-refractivity contribution in [3.8, 4) is 5.75 Å². The van der Waals surface area contributed by atoms with E-state index >= 15 is 0 Å². The van der Waals surface area contributed by atoms with Crippen molar-refractivity contribution in [1.29, 1.82) is 0 Å². The average molecular weight is 392 g/mol. The molecule has 2 aromatic rings. The van der Waals surface area contributed by atoms with Crippen LogP contribution in [0.15, 0.2) is 42.5 Å². The number of nitrogens with zero attached hydrogens (tertiary/aromatic N) is 1. The molecule has 8 heteroatoms. The molecule has 0 aliphatic carbocycles. The van der Waals surface area contributed by atoms with E-state index in [-0.39, 0.29) is 23.4 Å². The molecule has 2 aromatic carbocycles. The number of urea groups is 1. The molecule has 2 N–H and O–H groups in total. The standard InChI is InChI=1S/C19H19ClFN3O3/c1-2-27-15-6-4-14(5-7-15)24-11-13(10-18(24)25)23-19(26)22-12-3-8-17(21)16(20)9-12/h3-9,13H,2,10-11H2,1H3,(H2,22,23,26)/t13-/m0/s1. The molecule has 0 unspecified atom stereocenters. The normalized spacial score (nSPS) is 16.3. The first kappa shape index (κ1) is 19.0. The van der Waals surface area contributed by atoms with Crippen LogP contribution in [-0.2, 0) is 4.79 Å². The fourth-order valence-corrected chi connectivity index (χ4v) is 3.05. The van der Waals surface area contributed by atoms with Crippen LogP contribution in [0.25, 0.3) is 0 Å². The summed E-state index contributed by atoms with van der Waals surface area (Å²) in [7, 11) is 0. The van der Waals surface area contributed by atoms with Crippen LogP contribution in [-0.4, -0.2) is 31.1 Å². The van der Waals surface area contributed by atoms with Gasteiger partial charge in [0.05, 0.1) is 17.7 Å². The smallest absolute Gasteiger partial charge is 0.319 e. The fraction of sp³-hybridized carbons (Fsp3) is 0.263. The average Bonchev–Trinajstić information content (AvgIpc) is 2.99. The summed E-state index contributed by atoms with van der Waals surface area (Å²) in [4.78, 5) is 26.0. The van der Waals surface area contributed by atoms with Crippen molar-refractivity contribution in [3.05, 3.63) is 53.3 Å². The lowest BCUT2D eigenvalue weighted by Gasteiger charge is -2.18. The number of hydrogen-bond acceptors (Lipinski definition) is 3. The van der Waals surface area contributed by atoms with E-state index in [4.69, 9.17) is 16.3 Å². The predicted molar refractivity (Wildman–Crippen MR) is 102 cm³/mol. The summed E-state index contributed by atoms with van der Waals surface area (Å²) in [6, 6.07) is 10.3. The first-order valence-corrected chi connectivity index (χ1v) is 8.90. The van der Waals surface area contributed by atoms with Crippen LogP contribution in [0.2, 0.25) is 5.02 Å². The Morgan fingerprint density at radius 2 is 2.04 bits per heavy atom. The molecule has 1 aliphatic rings. The summed E-state index contributed by atoms with van der Waals surface area (Å²) in [6.45, 7) is 2.84. The van der Waals surface area contributed by atoms with Gasteiger partial charge in [0.25, 0.3) is 0 Å². The van der Waals surface area contributed by atoms with E-state index in [1.807, 2.05) is 19.1 Å². The summed E-state index contributed by atoms with van der Waals surface area (Å²) in [5.74, 6) is 0.101. The number of benzene rings is 2. The monoisotopic (exact) mass is 391 g/mol. The van der Waals surface area contributed by atoms with Crippen LogP contribution >= 0.6 is 11.6 Å². The SMILES string of the molecule is CCOc1ccc(N2C[C@@H](NC(=O)Nc3ccc(F)c(Cl)c3)CC2=O)cc1. The highest BCUT2D eigenvalue weighted by Crippen LogP contribution is 2.24. The zero-order valence-corrected chi connectivity index (χ0v) is 15.4. The van der Waals surface area contributed by atoms with E-state index in [9.17, 15) is 14.0 Å². The molecule has 27 heavy (non-hydrogen) atoms. The van der Waals surface area contributed by atoms with Crippen LogP contribution in [0.4, 0.5) is 20.6 Å². The van der Waals surface area contributed by atoms with Gasteiger partial charge >= 0.3 is 6.03 Å². The Balaban J connectivity index is 1.58. The third-order valence-electron chi connectivity index (χ3n) is 4.10. The summed E-state index contributed by atoms with van der Waals surface area (Å²) in [6.07, 6.45) is 0.199. The van der Waals surface area contributed by atoms with Crippen molar-refractivity contribution >= 4 is 34.9 Å². The molecule has 0 saturated carbocycles. The van der Waals surface area contributed by atoms with Crippen molar-refractivity contribution in [3.63, 3.8) is 0 Å². The summed E-state index contributed by atoms with van der Waals surface area (Å²) >= 11 is 5.70. The van der Waals surface area contributed by atoms with Gasteiger partial charge in [0.2, 0.25) is 5.91 Å². The third-order valence-corrected chi connectivity index (χ3v) is 4.39. The van der Waals surface area contributed by atoms with Crippen molar-refractivity contribution in [2.24, 2.45) is 0 Å². The van der Waals surface area contributed by atoms with Crippen molar-refractivity contribution < 1.29 is 18.7 Å². The van der Waals surface area contributed by atoms with E-state index in [1.54, 1.807) is 17.0 Å². The summed E-state index contributed by atoms with van der Waals surface area (Å²) in [5, 5.41) is 5.25. The van der Waals surface area contributed by atoms with Gasteiger partial charge < -0.3 is 20.3 Å². The van der Waals surface area contributed by atoms with Crippen LogP contribution in [0.5, 0.6) is 5.75 Å². The lowest BCUT2D eigenvalue weighted by molar-refractivity contribution is -0.117. The predicted octanol–water partition coefficient (Wildman–Crippen LogP) is 3.80. The molecule has 1 atom stereocenters. The summed E-state index contributed by atoms with van der Waals surface area (Å²) < 4.78 is 18.6. The van der Waals surface area contributed by atoms with Crippen LogP contribution in [0, 0.1) is 5.82 Å². The maximum atomic E-state index is 13.2. The Kier molecular flexibility index (Phi) is 5.81. The molecular formula is C19H19ClFN3O3. The molecule has 0 aromatic heterocycles. The first-order valence-electron chi connectivity index (χ1n) is 8.52. The highest BCUT2D eigenvalue weighted by molar-refractivity contribution is 6.31. The molecule has 1 saturated heterocycles. The first-order chi connectivity index (χ1) is 13.0. The zero-order chi connectivity index (χ0) is 19.4. The molecule has 0 spiro atoms. The molecule has 3 amide bonds. The number of carbonyl (C=O) groups is 2. The maximum Gasteiger partial charge on any atom is 0.319 e. The second-order valence-corrected chi connectivity index (χ2v) is 6.47. The van der Waals surface area contributed by atoms with Crippen LogP contribution in [0.3, 0.4) is 0 Å². The van der Waals surface area contributed by atoms with E-state index < -0.39 is 11.8 Å². The van der Waals surface area contributed by atoms with E-state index in [0.29, 0.717) is 18.8 Å². The van der Waals surface area contributed by atoms with Crippen molar-refractivity contribution in [2.45, 2.75) is 19.4 Å². The second kappa shape index (κ2) is 8.26. The topological polar surface area (TPSA) is 70.7 Å². The van der Waals surface area contributed by atoms with Gasteiger partial charge in [0.15, 0.2) is 0 Å². The van der Waals surface area contributed by atoms with Gasteiger partial charge in [0, 0.05) is 24.3 Å².